The first kappa shape index (κ1) is 16.2. The summed E-state index contributed by atoms with van der Waals surface area (Å²) in [4.78, 5) is 4.72. The molecule has 3 heteroatoms. The number of likely N-dealkylation sites (N-methyl/N-ethyl adjacent to an activating group) is 1. The third-order valence-electron chi connectivity index (χ3n) is 3.63. The van der Waals surface area contributed by atoms with Crippen molar-refractivity contribution >= 4 is 0 Å². The highest BCUT2D eigenvalue weighted by atomic mass is 15.2. The van der Waals surface area contributed by atoms with Gasteiger partial charge in [-0.25, -0.2) is 0 Å². The van der Waals surface area contributed by atoms with Crippen LogP contribution < -0.4 is 5.73 Å². The van der Waals surface area contributed by atoms with Gasteiger partial charge in [0.15, 0.2) is 0 Å². The first-order valence-electron chi connectivity index (χ1n) is 7.25. The molecule has 1 aromatic rings. The van der Waals surface area contributed by atoms with Crippen molar-refractivity contribution in [3.8, 4) is 0 Å². The molecular weight excluding hydrogens is 234 g/mol. The molecule has 2 unspecified atom stereocenters. The molecule has 0 aromatic heterocycles. The van der Waals surface area contributed by atoms with E-state index in [1.54, 1.807) is 0 Å². The highest BCUT2D eigenvalue weighted by Crippen LogP contribution is 2.18. The Bertz CT molecular complexity index is 337. The summed E-state index contributed by atoms with van der Waals surface area (Å²) in [5.41, 5.74) is 7.64. The molecule has 0 fully saturated rings. The minimum absolute atomic E-state index is 0.0786. The van der Waals surface area contributed by atoms with Gasteiger partial charge >= 0.3 is 0 Å². The Morgan fingerprint density at radius 2 is 1.68 bits per heavy atom. The van der Waals surface area contributed by atoms with Gasteiger partial charge in [-0.15, -0.1) is 0 Å². The second-order valence-corrected chi connectivity index (χ2v) is 5.52. The van der Waals surface area contributed by atoms with Gasteiger partial charge in [-0.2, -0.15) is 0 Å². The molecule has 1 aromatic carbocycles. The van der Waals surface area contributed by atoms with E-state index in [1.807, 2.05) is 6.07 Å². The molecule has 1 rings (SSSR count). The van der Waals surface area contributed by atoms with Crippen LogP contribution in [0.25, 0.3) is 0 Å². The second-order valence-electron chi connectivity index (χ2n) is 5.52. The van der Waals surface area contributed by atoms with E-state index in [2.05, 4.69) is 62.0 Å². The van der Waals surface area contributed by atoms with Gasteiger partial charge in [-0.3, -0.25) is 4.90 Å². The average molecular weight is 263 g/mol. The Morgan fingerprint density at radius 3 is 2.21 bits per heavy atom. The van der Waals surface area contributed by atoms with Crippen LogP contribution in [0, 0.1) is 0 Å². The lowest BCUT2D eigenvalue weighted by Gasteiger charge is -2.33. The van der Waals surface area contributed by atoms with Crippen LogP contribution in [0.2, 0.25) is 0 Å². The minimum atomic E-state index is 0.0786. The van der Waals surface area contributed by atoms with Gasteiger partial charge in [-0.05, 0) is 39.5 Å². The molecule has 0 saturated carbocycles. The van der Waals surface area contributed by atoms with Crippen LogP contribution in [0.4, 0.5) is 0 Å². The smallest absolute Gasteiger partial charge is 0.0450 e. The quantitative estimate of drug-likeness (QED) is 0.781. The van der Waals surface area contributed by atoms with Crippen LogP contribution in [0.1, 0.15) is 31.9 Å². The lowest BCUT2D eigenvalue weighted by atomic mass is 10.00. The predicted octanol–water partition coefficient (Wildman–Crippen LogP) is 2.35. The average Bonchev–Trinajstić information content (AvgIpc) is 2.42. The van der Waals surface area contributed by atoms with Gasteiger partial charge < -0.3 is 10.6 Å². The minimum Gasteiger partial charge on any atom is -0.323 e. The summed E-state index contributed by atoms with van der Waals surface area (Å²) < 4.78 is 0. The molecule has 0 spiro atoms. The zero-order chi connectivity index (χ0) is 14.3. The summed E-state index contributed by atoms with van der Waals surface area (Å²) in [6.07, 6.45) is 1.17. The van der Waals surface area contributed by atoms with Crippen LogP contribution >= 0.6 is 0 Å². The molecule has 0 aliphatic heterocycles. The van der Waals surface area contributed by atoms with Crippen LogP contribution in [0.3, 0.4) is 0 Å². The highest BCUT2D eigenvalue weighted by molar-refractivity contribution is 5.19. The van der Waals surface area contributed by atoms with Gasteiger partial charge in [0.1, 0.15) is 0 Å². The lowest BCUT2D eigenvalue weighted by Crippen LogP contribution is -2.44. The molecule has 0 amide bonds. The van der Waals surface area contributed by atoms with Gasteiger partial charge in [0.05, 0.1) is 0 Å². The molecule has 0 bridgehead atoms. The van der Waals surface area contributed by atoms with E-state index < -0.39 is 0 Å². The number of rotatable bonds is 8. The van der Waals surface area contributed by atoms with Crippen molar-refractivity contribution in [1.82, 2.24) is 9.80 Å². The van der Waals surface area contributed by atoms with Crippen molar-refractivity contribution in [3.63, 3.8) is 0 Å². The van der Waals surface area contributed by atoms with E-state index in [4.69, 9.17) is 5.73 Å². The van der Waals surface area contributed by atoms with Crippen molar-refractivity contribution in [2.45, 2.75) is 32.4 Å². The first-order chi connectivity index (χ1) is 9.06. The molecule has 3 nitrogen and oxygen atoms in total. The van der Waals surface area contributed by atoms with Crippen molar-refractivity contribution in [3.05, 3.63) is 35.9 Å². The topological polar surface area (TPSA) is 32.5 Å². The van der Waals surface area contributed by atoms with Gasteiger partial charge in [0, 0.05) is 25.2 Å². The summed E-state index contributed by atoms with van der Waals surface area (Å²) >= 11 is 0. The van der Waals surface area contributed by atoms with Gasteiger partial charge in [0.2, 0.25) is 0 Å². The number of benzene rings is 1. The number of hydrogen-bond donors (Lipinski definition) is 1. The van der Waals surface area contributed by atoms with Crippen LogP contribution in [-0.4, -0.2) is 49.6 Å². The second kappa shape index (κ2) is 8.31. The molecule has 19 heavy (non-hydrogen) atoms. The maximum Gasteiger partial charge on any atom is 0.0450 e. The number of hydrogen-bond acceptors (Lipinski definition) is 3. The lowest BCUT2D eigenvalue weighted by molar-refractivity contribution is 0.168. The maximum absolute atomic E-state index is 6.42. The van der Waals surface area contributed by atoms with E-state index in [-0.39, 0.29) is 6.04 Å². The van der Waals surface area contributed by atoms with Crippen molar-refractivity contribution < 1.29 is 0 Å². The van der Waals surface area contributed by atoms with E-state index in [1.165, 1.54) is 12.0 Å². The summed E-state index contributed by atoms with van der Waals surface area (Å²) in [6, 6.07) is 10.8. The van der Waals surface area contributed by atoms with Crippen LogP contribution in [-0.2, 0) is 0 Å². The summed E-state index contributed by atoms with van der Waals surface area (Å²) in [5.74, 6) is 0. The van der Waals surface area contributed by atoms with Gasteiger partial charge in [0.25, 0.3) is 0 Å². The van der Waals surface area contributed by atoms with E-state index in [0.717, 1.165) is 19.6 Å². The Kier molecular flexibility index (Phi) is 7.06. The monoisotopic (exact) mass is 263 g/mol. The van der Waals surface area contributed by atoms with E-state index >= 15 is 0 Å². The Morgan fingerprint density at radius 1 is 1.05 bits per heavy atom. The standard InChI is InChI=1S/C16H29N3/c1-5-11-19(13-12-18(3)4)14(2)16(17)15-9-7-6-8-10-15/h6-10,14,16H,5,11-13,17H2,1-4H3. The third-order valence-corrected chi connectivity index (χ3v) is 3.63. The third kappa shape index (κ3) is 5.31. The molecule has 0 heterocycles. The molecular formula is C16H29N3. The Balaban J connectivity index is 2.67. The summed E-state index contributed by atoms with van der Waals surface area (Å²) in [5, 5.41) is 0. The number of nitrogens with two attached hydrogens (primary N) is 1. The SMILES string of the molecule is CCCN(CCN(C)C)C(C)C(N)c1ccccc1. The molecule has 2 atom stereocenters. The zero-order valence-corrected chi connectivity index (χ0v) is 12.8. The molecule has 108 valence electrons. The van der Waals surface area contributed by atoms with Crippen LogP contribution in [0.5, 0.6) is 0 Å². The number of nitrogens with zero attached hydrogens (tertiary/aromatic N) is 2. The fourth-order valence-electron chi connectivity index (χ4n) is 2.32. The summed E-state index contributed by atoms with van der Waals surface area (Å²) in [6.45, 7) is 7.72. The first-order valence-corrected chi connectivity index (χ1v) is 7.25. The summed E-state index contributed by atoms with van der Waals surface area (Å²) in [7, 11) is 4.23. The van der Waals surface area contributed by atoms with Gasteiger partial charge in [-0.1, -0.05) is 37.3 Å². The molecule has 0 radical (unpaired) electrons. The maximum atomic E-state index is 6.42. The molecule has 0 aliphatic rings. The largest absolute Gasteiger partial charge is 0.323 e. The molecule has 0 aliphatic carbocycles. The zero-order valence-electron chi connectivity index (χ0n) is 12.8. The fraction of sp³-hybridized carbons (Fsp3) is 0.625. The fourth-order valence-corrected chi connectivity index (χ4v) is 2.32. The highest BCUT2D eigenvalue weighted by Gasteiger charge is 2.21. The molecule has 2 N–H and O–H groups in total. The predicted molar refractivity (Wildman–Crippen MR) is 83.3 cm³/mol. The van der Waals surface area contributed by atoms with Crippen molar-refractivity contribution in [2.75, 3.05) is 33.7 Å². The van der Waals surface area contributed by atoms with E-state index in [0.29, 0.717) is 6.04 Å². The normalized spacial score (nSPS) is 14.9. The van der Waals surface area contributed by atoms with Crippen molar-refractivity contribution in [2.24, 2.45) is 5.73 Å². The van der Waals surface area contributed by atoms with Crippen molar-refractivity contribution in [1.29, 1.82) is 0 Å². The van der Waals surface area contributed by atoms with E-state index in [9.17, 15) is 0 Å². The Hall–Kier alpha value is -0.900. The Labute approximate surface area is 118 Å². The van der Waals surface area contributed by atoms with Crippen LogP contribution in [0.15, 0.2) is 30.3 Å². The molecule has 0 saturated heterocycles.